The monoisotopic (exact) mass is 358 g/mol. The quantitative estimate of drug-likeness (QED) is 0.553. The van der Waals surface area contributed by atoms with Crippen LogP contribution in [0.5, 0.6) is 5.75 Å². The maximum Gasteiger partial charge on any atom is 0.123 e. The van der Waals surface area contributed by atoms with Gasteiger partial charge in [0.25, 0.3) is 0 Å². The molecule has 2 aromatic rings. The zero-order chi connectivity index (χ0) is 18.2. The summed E-state index contributed by atoms with van der Waals surface area (Å²) < 4.78 is 29.7. The normalized spacial score (nSPS) is 15.5. The average molecular weight is 358 g/mol. The molecule has 0 saturated carbocycles. The SMILES string of the molecule is CC1(COCCCCCOc2ccc(-c3ccc(F)cc3)cc2)COC1. The van der Waals surface area contributed by atoms with E-state index in [1.165, 1.54) is 12.1 Å². The molecular weight excluding hydrogens is 331 g/mol. The van der Waals surface area contributed by atoms with E-state index in [-0.39, 0.29) is 11.2 Å². The Bertz CT molecular complexity index is 663. The minimum absolute atomic E-state index is 0.217. The molecule has 3 nitrogen and oxygen atoms in total. The van der Waals surface area contributed by atoms with Crippen molar-refractivity contribution in [2.75, 3.05) is 33.0 Å². The van der Waals surface area contributed by atoms with Gasteiger partial charge in [0, 0.05) is 12.0 Å². The third-order valence-electron chi connectivity index (χ3n) is 4.59. The Labute approximate surface area is 155 Å². The van der Waals surface area contributed by atoms with E-state index >= 15 is 0 Å². The molecule has 1 fully saturated rings. The van der Waals surface area contributed by atoms with Gasteiger partial charge in [0.15, 0.2) is 0 Å². The molecule has 26 heavy (non-hydrogen) atoms. The highest BCUT2D eigenvalue weighted by Gasteiger charge is 2.33. The summed E-state index contributed by atoms with van der Waals surface area (Å²) in [6.07, 6.45) is 3.17. The minimum Gasteiger partial charge on any atom is -0.494 e. The van der Waals surface area contributed by atoms with Gasteiger partial charge < -0.3 is 14.2 Å². The van der Waals surface area contributed by atoms with E-state index in [4.69, 9.17) is 14.2 Å². The molecule has 0 bridgehead atoms. The van der Waals surface area contributed by atoms with Crippen LogP contribution in [0.2, 0.25) is 0 Å². The van der Waals surface area contributed by atoms with Gasteiger partial charge in [0.1, 0.15) is 11.6 Å². The molecule has 0 radical (unpaired) electrons. The fourth-order valence-corrected chi connectivity index (χ4v) is 2.91. The van der Waals surface area contributed by atoms with Crippen LogP contribution in [0.1, 0.15) is 26.2 Å². The molecule has 0 spiro atoms. The summed E-state index contributed by atoms with van der Waals surface area (Å²) in [5, 5.41) is 0. The van der Waals surface area contributed by atoms with Crippen molar-refractivity contribution in [1.29, 1.82) is 0 Å². The lowest BCUT2D eigenvalue weighted by atomic mass is 9.90. The smallest absolute Gasteiger partial charge is 0.123 e. The predicted octanol–water partition coefficient (Wildman–Crippen LogP) is 5.09. The van der Waals surface area contributed by atoms with Gasteiger partial charge in [0.2, 0.25) is 0 Å². The van der Waals surface area contributed by atoms with Gasteiger partial charge in [-0.3, -0.25) is 0 Å². The fraction of sp³-hybridized carbons (Fsp3) is 0.455. The highest BCUT2D eigenvalue weighted by Crippen LogP contribution is 2.26. The van der Waals surface area contributed by atoms with E-state index in [0.717, 1.165) is 62.6 Å². The third kappa shape index (κ3) is 5.55. The van der Waals surface area contributed by atoms with Gasteiger partial charge in [0.05, 0.1) is 26.4 Å². The zero-order valence-corrected chi connectivity index (χ0v) is 15.4. The van der Waals surface area contributed by atoms with Crippen molar-refractivity contribution < 1.29 is 18.6 Å². The van der Waals surface area contributed by atoms with Crippen molar-refractivity contribution >= 4 is 0 Å². The molecule has 0 unspecified atom stereocenters. The molecule has 1 aliphatic heterocycles. The molecule has 1 aliphatic rings. The van der Waals surface area contributed by atoms with Crippen LogP contribution in [-0.4, -0.2) is 33.0 Å². The summed E-state index contributed by atoms with van der Waals surface area (Å²) in [7, 11) is 0. The van der Waals surface area contributed by atoms with Crippen LogP contribution in [0.3, 0.4) is 0 Å². The van der Waals surface area contributed by atoms with Crippen molar-refractivity contribution in [3.05, 3.63) is 54.3 Å². The topological polar surface area (TPSA) is 27.7 Å². The number of hydrogen-bond acceptors (Lipinski definition) is 3. The lowest BCUT2D eigenvalue weighted by molar-refractivity contribution is -0.137. The predicted molar refractivity (Wildman–Crippen MR) is 101 cm³/mol. The number of benzene rings is 2. The summed E-state index contributed by atoms with van der Waals surface area (Å²) in [6, 6.07) is 14.4. The number of halogens is 1. The first kappa shape index (κ1) is 18.9. The van der Waals surface area contributed by atoms with Crippen LogP contribution in [0.25, 0.3) is 11.1 Å². The zero-order valence-electron chi connectivity index (χ0n) is 15.4. The Morgan fingerprint density at radius 2 is 1.50 bits per heavy atom. The summed E-state index contributed by atoms with van der Waals surface area (Å²) in [5.74, 6) is 0.648. The van der Waals surface area contributed by atoms with Crippen molar-refractivity contribution in [1.82, 2.24) is 0 Å². The summed E-state index contributed by atoms with van der Waals surface area (Å²) in [4.78, 5) is 0. The second-order valence-corrected chi connectivity index (χ2v) is 7.30. The van der Waals surface area contributed by atoms with E-state index < -0.39 is 0 Å². The summed E-state index contributed by atoms with van der Waals surface area (Å²) in [5.41, 5.74) is 2.30. The first-order valence-electron chi connectivity index (χ1n) is 9.29. The van der Waals surface area contributed by atoms with E-state index in [0.29, 0.717) is 6.61 Å². The second-order valence-electron chi connectivity index (χ2n) is 7.30. The first-order valence-corrected chi connectivity index (χ1v) is 9.29. The van der Waals surface area contributed by atoms with Crippen LogP contribution < -0.4 is 4.74 Å². The molecule has 0 atom stereocenters. The van der Waals surface area contributed by atoms with Crippen molar-refractivity contribution in [3.63, 3.8) is 0 Å². The lowest BCUT2D eigenvalue weighted by Crippen LogP contribution is -2.43. The molecule has 4 heteroatoms. The van der Waals surface area contributed by atoms with Crippen LogP contribution >= 0.6 is 0 Å². The van der Waals surface area contributed by atoms with Crippen LogP contribution in [-0.2, 0) is 9.47 Å². The van der Waals surface area contributed by atoms with E-state index in [9.17, 15) is 4.39 Å². The Kier molecular flexibility index (Phi) is 6.64. The highest BCUT2D eigenvalue weighted by atomic mass is 19.1. The average Bonchev–Trinajstić information content (AvgIpc) is 2.63. The largest absolute Gasteiger partial charge is 0.494 e. The van der Waals surface area contributed by atoms with E-state index in [1.807, 2.05) is 24.3 Å². The Hall–Kier alpha value is -1.91. The minimum atomic E-state index is -0.217. The van der Waals surface area contributed by atoms with Crippen LogP contribution in [0.4, 0.5) is 4.39 Å². The van der Waals surface area contributed by atoms with Gasteiger partial charge in [-0.15, -0.1) is 0 Å². The molecule has 140 valence electrons. The van der Waals surface area contributed by atoms with Gasteiger partial charge in [-0.1, -0.05) is 31.2 Å². The van der Waals surface area contributed by atoms with Gasteiger partial charge in [-0.05, 0) is 54.7 Å². The fourth-order valence-electron chi connectivity index (χ4n) is 2.91. The second kappa shape index (κ2) is 9.15. The molecule has 2 aromatic carbocycles. The van der Waals surface area contributed by atoms with Crippen LogP contribution in [0.15, 0.2) is 48.5 Å². The number of hydrogen-bond donors (Lipinski definition) is 0. The van der Waals surface area contributed by atoms with Gasteiger partial charge in [-0.2, -0.15) is 0 Å². The lowest BCUT2D eigenvalue weighted by Gasteiger charge is -2.37. The van der Waals surface area contributed by atoms with Gasteiger partial charge >= 0.3 is 0 Å². The molecule has 0 amide bonds. The first-order chi connectivity index (χ1) is 12.6. The third-order valence-corrected chi connectivity index (χ3v) is 4.59. The summed E-state index contributed by atoms with van der Waals surface area (Å²) in [6.45, 7) is 6.15. The Balaban J connectivity index is 1.28. The number of rotatable bonds is 10. The van der Waals surface area contributed by atoms with Crippen molar-refractivity contribution in [2.45, 2.75) is 26.2 Å². The van der Waals surface area contributed by atoms with Gasteiger partial charge in [-0.25, -0.2) is 4.39 Å². The molecular formula is C22H27FO3. The maximum absolute atomic E-state index is 13.0. The van der Waals surface area contributed by atoms with E-state index in [1.54, 1.807) is 12.1 Å². The summed E-state index contributed by atoms with van der Waals surface area (Å²) >= 11 is 0. The van der Waals surface area contributed by atoms with Crippen LogP contribution in [0, 0.1) is 11.2 Å². The molecule has 3 rings (SSSR count). The Morgan fingerprint density at radius 1 is 0.885 bits per heavy atom. The molecule has 0 aliphatic carbocycles. The number of ether oxygens (including phenoxy) is 3. The molecule has 1 saturated heterocycles. The van der Waals surface area contributed by atoms with E-state index in [2.05, 4.69) is 6.92 Å². The van der Waals surface area contributed by atoms with Crippen molar-refractivity contribution in [3.8, 4) is 16.9 Å². The molecule has 0 aromatic heterocycles. The highest BCUT2D eigenvalue weighted by molar-refractivity contribution is 5.63. The maximum atomic E-state index is 13.0. The number of unbranched alkanes of at least 4 members (excludes halogenated alkanes) is 2. The molecule has 0 N–H and O–H groups in total. The standard InChI is InChI=1S/C22H27FO3/c1-22(16-25-17-22)15-24-13-3-2-4-14-26-21-11-7-19(8-12-21)18-5-9-20(23)10-6-18/h5-12H,2-4,13-17H2,1H3. The Morgan fingerprint density at radius 3 is 2.12 bits per heavy atom. The van der Waals surface area contributed by atoms with Crippen molar-refractivity contribution in [2.24, 2.45) is 5.41 Å². The molecule has 1 heterocycles.